The van der Waals surface area contributed by atoms with Gasteiger partial charge in [-0.1, -0.05) is 148 Å². The van der Waals surface area contributed by atoms with Crippen molar-refractivity contribution in [2.45, 2.75) is 226 Å². The Hall–Kier alpha value is -1.98. The van der Waals surface area contributed by atoms with Crippen LogP contribution in [0.15, 0.2) is 24.3 Å². The summed E-state index contributed by atoms with van der Waals surface area (Å²) in [5, 5.41) is 10.9. The molecule has 1 heterocycles. The summed E-state index contributed by atoms with van der Waals surface area (Å²) in [6.07, 6.45) is 39.2. The summed E-state index contributed by atoms with van der Waals surface area (Å²) in [5.74, 6) is -0.725. The predicted octanol–water partition coefficient (Wildman–Crippen LogP) is 13.2. The van der Waals surface area contributed by atoms with E-state index >= 15 is 0 Å². The Morgan fingerprint density at radius 3 is 1.72 bits per heavy atom. The molecule has 1 saturated heterocycles. The zero-order chi connectivity index (χ0) is 44.1. The molecule has 2 unspecified atom stereocenters. The molecular weight excluding hydrogens is 771 g/mol. The van der Waals surface area contributed by atoms with E-state index in [0.717, 1.165) is 96.7 Å². The number of carbonyl (C=O) groups excluding carboxylic acids is 2. The number of aliphatic hydroxyl groups is 1. The number of esters is 1. The van der Waals surface area contributed by atoms with E-state index in [1.807, 2.05) is 0 Å². The number of likely N-dealkylation sites (tertiary alicyclic amines) is 1. The first-order chi connectivity index (χ1) is 30.0. The van der Waals surface area contributed by atoms with Crippen molar-refractivity contribution in [1.82, 2.24) is 4.90 Å². The van der Waals surface area contributed by atoms with Gasteiger partial charge in [0.2, 0.25) is 0 Å². The standard InChI is InChI=1S/C51H95NO9/c1-4-7-10-13-16-17-18-19-20-21-22-23-24-25-29-35-48(53)59-44-47(46-61-51(55)58-43-34-40-52-38-30-28-31-39-52)45-60-49(54)36-37-50(56-41-32-26-14-11-8-5-2)57-42-33-27-15-12-9-6-3/h16-17,19-20,47,49-50,54H,4-15,18,21-46H2,1-3H3/b17-16-,20-19-. The van der Waals surface area contributed by atoms with Crippen LogP contribution in [0, 0.1) is 5.92 Å². The van der Waals surface area contributed by atoms with E-state index in [2.05, 4.69) is 50.0 Å². The summed E-state index contributed by atoms with van der Waals surface area (Å²) < 4.78 is 34.5. The molecule has 1 aliphatic heterocycles. The lowest BCUT2D eigenvalue weighted by atomic mass is 10.1. The number of unbranched alkanes of at least 4 members (excludes halogenated alkanes) is 18. The van der Waals surface area contributed by atoms with Crippen molar-refractivity contribution in [3.8, 4) is 0 Å². The molecule has 0 bridgehead atoms. The van der Waals surface area contributed by atoms with Crippen LogP contribution in [0.4, 0.5) is 4.79 Å². The maximum absolute atomic E-state index is 12.7. The minimum Gasteiger partial charge on any atom is -0.465 e. The minimum atomic E-state index is -1.06. The van der Waals surface area contributed by atoms with Crippen molar-refractivity contribution in [2.24, 2.45) is 5.92 Å². The molecule has 0 aromatic heterocycles. The molecule has 1 N–H and O–H groups in total. The lowest BCUT2D eigenvalue weighted by molar-refractivity contribution is -0.170. The molecule has 2 atom stereocenters. The number of hydrogen-bond donors (Lipinski definition) is 1. The van der Waals surface area contributed by atoms with Crippen molar-refractivity contribution in [3.05, 3.63) is 24.3 Å². The highest BCUT2D eigenvalue weighted by Crippen LogP contribution is 2.15. The van der Waals surface area contributed by atoms with Crippen LogP contribution in [0.1, 0.15) is 213 Å². The fourth-order valence-electron chi connectivity index (χ4n) is 7.38. The first-order valence-corrected chi connectivity index (χ1v) is 25.5. The number of allylic oxidation sites excluding steroid dienone is 4. The maximum atomic E-state index is 12.7. The first kappa shape index (κ1) is 57.0. The second-order valence-electron chi connectivity index (χ2n) is 17.3. The van der Waals surface area contributed by atoms with Crippen LogP contribution in [0.5, 0.6) is 0 Å². The second-order valence-corrected chi connectivity index (χ2v) is 17.3. The highest BCUT2D eigenvalue weighted by Gasteiger charge is 2.20. The molecule has 0 spiro atoms. The minimum absolute atomic E-state index is 0.0272. The lowest BCUT2D eigenvalue weighted by Crippen LogP contribution is -2.31. The van der Waals surface area contributed by atoms with E-state index in [-0.39, 0.29) is 25.8 Å². The molecule has 1 fully saturated rings. The SMILES string of the molecule is CCCCC/C=C\C/C=C\CCCCCCCC(=O)OCC(COC(=O)OCCCN1CCCCC1)COC(O)CCC(OCCCCCCCC)OCCCCCCCC. The van der Waals surface area contributed by atoms with Gasteiger partial charge in [-0.15, -0.1) is 0 Å². The Morgan fingerprint density at radius 1 is 0.541 bits per heavy atom. The van der Waals surface area contributed by atoms with Crippen molar-refractivity contribution >= 4 is 12.1 Å². The Morgan fingerprint density at radius 2 is 1.08 bits per heavy atom. The number of nitrogens with zero attached hydrogens (tertiary/aromatic N) is 1. The van der Waals surface area contributed by atoms with Gasteiger partial charge in [-0.3, -0.25) is 4.79 Å². The molecule has 61 heavy (non-hydrogen) atoms. The van der Waals surface area contributed by atoms with E-state index in [4.69, 9.17) is 28.4 Å². The van der Waals surface area contributed by atoms with E-state index in [1.165, 1.54) is 96.3 Å². The van der Waals surface area contributed by atoms with Gasteiger partial charge in [0.25, 0.3) is 0 Å². The van der Waals surface area contributed by atoms with Crippen LogP contribution in [-0.2, 0) is 33.2 Å². The Balaban J connectivity index is 2.51. The number of aliphatic hydroxyl groups excluding tert-OH is 1. The quantitative estimate of drug-likeness (QED) is 0.0275. The number of carbonyl (C=O) groups is 2. The predicted molar refractivity (Wildman–Crippen MR) is 250 cm³/mol. The number of ether oxygens (including phenoxy) is 6. The topological polar surface area (TPSA) is 113 Å². The lowest BCUT2D eigenvalue weighted by Gasteiger charge is -2.26. The fourth-order valence-corrected chi connectivity index (χ4v) is 7.38. The van der Waals surface area contributed by atoms with Gasteiger partial charge in [-0.25, -0.2) is 4.79 Å². The molecule has 10 heteroatoms. The summed E-state index contributed by atoms with van der Waals surface area (Å²) in [6, 6.07) is 0. The van der Waals surface area contributed by atoms with Crippen LogP contribution in [0.2, 0.25) is 0 Å². The molecule has 358 valence electrons. The van der Waals surface area contributed by atoms with Crippen molar-refractivity contribution < 1.29 is 43.1 Å². The zero-order valence-electron chi connectivity index (χ0n) is 39.8. The maximum Gasteiger partial charge on any atom is 0.508 e. The summed E-state index contributed by atoms with van der Waals surface area (Å²) in [4.78, 5) is 27.6. The third-order valence-corrected chi connectivity index (χ3v) is 11.3. The Bertz CT molecular complexity index is 1000. The van der Waals surface area contributed by atoms with Crippen LogP contribution in [-0.4, -0.2) is 94.0 Å². The molecular formula is C51H95NO9. The van der Waals surface area contributed by atoms with E-state index in [1.54, 1.807) is 0 Å². The Labute approximate surface area is 374 Å². The summed E-state index contributed by atoms with van der Waals surface area (Å²) in [6.45, 7) is 11.4. The molecule has 1 rings (SSSR count). The van der Waals surface area contributed by atoms with Gasteiger partial charge in [-0.05, 0) is 83.7 Å². The van der Waals surface area contributed by atoms with Crippen LogP contribution >= 0.6 is 0 Å². The molecule has 0 aromatic rings. The van der Waals surface area contributed by atoms with Gasteiger partial charge in [0.1, 0.15) is 6.61 Å². The normalized spacial score (nSPS) is 14.6. The molecule has 0 saturated carbocycles. The smallest absolute Gasteiger partial charge is 0.465 e. The third kappa shape index (κ3) is 39.4. The molecule has 0 radical (unpaired) electrons. The number of hydrogen-bond acceptors (Lipinski definition) is 10. The highest BCUT2D eigenvalue weighted by atomic mass is 16.7. The van der Waals surface area contributed by atoms with Crippen molar-refractivity contribution in [2.75, 3.05) is 59.3 Å². The van der Waals surface area contributed by atoms with Crippen molar-refractivity contribution in [1.29, 1.82) is 0 Å². The first-order valence-electron chi connectivity index (χ1n) is 25.5. The van der Waals surface area contributed by atoms with Crippen LogP contribution < -0.4 is 0 Å². The zero-order valence-corrected chi connectivity index (χ0v) is 39.8. The molecule has 0 aliphatic carbocycles. The van der Waals surface area contributed by atoms with Gasteiger partial charge >= 0.3 is 12.1 Å². The van der Waals surface area contributed by atoms with Gasteiger partial charge in [0, 0.05) is 39.0 Å². The number of piperidine rings is 1. The second kappa shape index (κ2) is 44.6. The molecule has 0 amide bonds. The van der Waals surface area contributed by atoms with Gasteiger partial charge in [0.15, 0.2) is 12.6 Å². The monoisotopic (exact) mass is 866 g/mol. The molecule has 0 aromatic carbocycles. The summed E-state index contributed by atoms with van der Waals surface area (Å²) >= 11 is 0. The van der Waals surface area contributed by atoms with Gasteiger partial charge < -0.3 is 38.4 Å². The van der Waals surface area contributed by atoms with Gasteiger partial charge in [-0.2, -0.15) is 0 Å². The van der Waals surface area contributed by atoms with Crippen LogP contribution in [0.3, 0.4) is 0 Å². The summed E-state index contributed by atoms with van der Waals surface area (Å²) in [5.41, 5.74) is 0. The summed E-state index contributed by atoms with van der Waals surface area (Å²) in [7, 11) is 0. The van der Waals surface area contributed by atoms with E-state index in [9.17, 15) is 14.7 Å². The molecule has 1 aliphatic rings. The average Bonchev–Trinajstić information content (AvgIpc) is 3.27. The van der Waals surface area contributed by atoms with Crippen LogP contribution in [0.25, 0.3) is 0 Å². The molecule has 10 nitrogen and oxygen atoms in total. The fraction of sp³-hybridized carbons (Fsp3) is 0.882. The highest BCUT2D eigenvalue weighted by molar-refractivity contribution is 5.69. The van der Waals surface area contributed by atoms with E-state index in [0.29, 0.717) is 39.1 Å². The Kier molecular flexibility index (Phi) is 41.7. The largest absolute Gasteiger partial charge is 0.508 e. The van der Waals surface area contributed by atoms with Crippen molar-refractivity contribution in [3.63, 3.8) is 0 Å². The number of rotatable bonds is 44. The van der Waals surface area contributed by atoms with Gasteiger partial charge in [0.05, 0.1) is 25.7 Å². The average molecular weight is 866 g/mol. The van der Waals surface area contributed by atoms with E-state index < -0.39 is 24.7 Å². The third-order valence-electron chi connectivity index (χ3n) is 11.3.